The number of carbonyl (C=O) groups excluding carboxylic acids is 1. The van der Waals surface area contributed by atoms with Crippen molar-refractivity contribution in [2.75, 3.05) is 0 Å². The lowest BCUT2D eigenvalue weighted by Gasteiger charge is -2.08. The predicted molar refractivity (Wildman–Crippen MR) is 57.7 cm³/mol. The summed E-state index contributed by atoms with van der Waals surface area (Å²) < 4.78 is 5.03. The maximum Gasteiger partial charge on any atom is 0.273 e. The first-order chi connectivity index (χ1) is 7.17. The second-order valence-electron chi connectivity index (χ2n) is 3.71. The van der Waals surface area contributed by atoms with Crippen molar-refractivity contribution >= 4 is 5.91 Å². The Bertz CT molecular complexity index is 320. The van der Waals surface area contributed by atoms with Crippen molar-refractivity contribution in [1.29, 1.82) is 0 Å². The molecule has 0 saturated heterocycles. The molecule has 1 rings (SSSR count). The monoisotopic (exact) mass is 210 g/mol. The summed E-state index contributed by atoms with van der Waals surface area (Å²) in [5.74, 6) is 0.613. The molecule has 0 unspecified atom stereocenters. The van der Waals surface area contributed by atoms with Gasteiger partial charge in [0.25, 0.3) is 5.91 Å². The highest BCUT2D eigenvalue weighted by atomic mass is 16.5. The third kappa shape index (κ3) is 3.38. The lowest BCUT2D eigenvalue weighted by atomic mass is 10.2. The molecule has 1 aromatic heterocycles. The molecular weight excluding hydrogens is 192 g/mol. The molecule has 0 spiro atoms. The Hall–Kier alpha value is -1.32. The number of nitrogens with one attached hydrogen (secondary N) is 1. The van der Waals surface area contributed by atoms with Gasteiger partial charge in [-0.05, 0) is 19.8 Å². The summed E-state index contributed by atoms with van der Waals surface area (Å²) in [6, 6.07) is 1.88. The van der Waals surface area contributed by atoms with Crippen LogP contribution in [0.15, 0.2) is 10.6 Å². The third-order valence-electron chi connectivity index (χ3n) is 2.28. The molecule has 1 aromatic rings. The first kappa shape index (κ1) is 11.8. The zero-order valence-electron chi connectivity index (χ0n) is 9.54. The number of hydrogen-bond acceptors (Lipinski definition) is 3. The fourth-order valence-electron chi connectivity index (χ4n) is 1.18. The van der Waals surface area contributed by atoms with Crippen LogP contribution in [0.4, 0.5) is 0 Å². The Morgan fingerprint density at radius 2 is 2.33 bits per heavy atom. The van der Waals surface area contributed by atoms with Gasteiger partial charge < -0.3 is 9.84 Å². The highest BCUT2D eigenvalue weighted by Gasteiger charge is 2.13. The third-order valence-corrected chi connectivity index (χ3v) is 2.28. The van der Waals surface area contributed by atoms with Crippen molar-refractivity contribution in [3.63, 3.8) is 0 Å². The molecule has 0 aliphatic heterocycles. The predicted octanol–water partition coefficient (Wildman–Crippen LogP) is 2.16. The number of nitrogens with zero attached hydrogens (tertiary/aromatic N) is 1. The lowest BCUT2D eigenvalue weighted by Crippen LogP contribution is -2.32. The molecule has 1 atom stereocenters. The van der Waals surface area contributed by atoms with E-state index in [0.717, 1.165) is 25.0 Å². The molecule has 1 N–H and O–H groups in total. The molecule has 0 radical (unpaired) electrons. The quantitative estimate of drug-likeness (QED) is 0.810. The Morgan fingerprint density at radius 1 is 1.60 bits per heavy atom. The Labute approximate surface area is 90.0 Å². The molecule has 1 amide bonds. The van der Waals surface area contributed by atoms with Crippen molar-refractivity contribution in [1.82, 2.24) is 10.5 Å². The molecule has 0 aliphatic rings. The van der Waals surface area contributed by atoms with Gasteiger partial charge in [-0.2, -0.15) is 0 Å². The van der Waals surface area contributed by atoms with Gasteiger partial charge in [0.1, 0.15) is 5.76 Å². The Kier molecular flexibility index (Phi) is 4.34. The fraction of sp³-hybridized carbons (Fsp3) is 0.636. The van der Waals surface area contributed by atoms with E-state index in [1.165, 1.54) is 0 Å². The summed E-state index contributed by atoms with van der Waals surface area (Å²) in [6.45, 7) is 6.04. The largest absolute Gasteiger partial charge is 0.361 e. The summed E-state index contributed by atoms with van der Waals surface area (Å²) in [6.07, 6.45) is 2.72. The number of hydrogen-bond donors (Lipinski definition) is 1. The Morgan fingerprint density at radius 3 is 2.93 bits per heavy atom. The second kappa shape index (κ2) is 5.53. The van der Waals surface area contributed by atoms with Crippen molar-refractivity contribution in [2.24, 2.45) is 0 Å². The van der Waals surface area contributed by atoms with Crippen LogP contribution in [-0.2, 0) is 6.42 Å². The lowest BCUT2D eigenvalue weighted by molar-refractivity contribution is 0.0930. The van der Waals surface area contributed by atoms with Gasteiger partial charge in [0, 0.05) is 18.5 Å². The van der Waals surface area contributed by atoms with Crippen LogP contribution in [0, 0.1) is 0 Å². The van der Waals surface area contributed by atoms with Gasteiger partial charge >= 0.3 is 0 Å². The van der Waals surface area contributed by atoms with Crippen LogP contribution in [0.2, 0.25) is 0 Å². The molecule has 4 heteroatoms. The van der Waals surface area contributed by atoms with E-state index in [2.05, 4.69) is 17.4 Å². The second-order valence-corrected chi connectivity index (χ2v) is 3.71. The smallest absolute Gasteiger partial charge is 0.273 e. The normalized spacial score (nSPS) is 12.5. The van der Waals surface area contributed by atoms with Crippen LogP contribution in [0.25, 0.3) is 0 Å². The SMILES string of the molecule is CCCc1cc(C(=O)N[C@H](C)CC)no1. The molecule has 0 saturated carbocycles. The van der Waals surface area contributed by atoms with Crippen molar-refractivity contribution < 1.29 is 9.32 Å². The maximum atomic E-state index is 11.6. The van der Waals surface area contributed by atoms with E-state index in [9.17, 15) is 4.79 Å². The summed E-state index contributed by atoms with van der Waals surface area (Å²) >= 11 is 0. The van der Waals surface area contributed by atoms with E-state index >= 15 is 0 Å². The van der Waals surface area contributed by atoms with Crippen LogP contribution in [0.1, 0.15) is 49.9 Å². The van der Waals surface area contributed by atoms with Crippen molar-refractivity contribution in [2.45, 2.75) is 46.1 Å². The van der Waals surface area contributed by atoms with E-state index in [1.54, 1.807) is 6.07 Å². The first-order valence-corrected chi connectivity index (χ1v) is 5.43. The van der Waals surface area contributed by atoms with Gasteiger partial charge in [0.15, 0.2) is 5.69 Å². The molecule has 15 heavy (non-hydrogen) atoms. The average Bonchev–Trinajstić information content (AvgIpc) is 2.67. The highest BCUT2D eigenvalue weighted by molar-refractivity contribution is 5.92. The topological polar surface area (TPSA) is 55.1 Å². The summed E-state index contributed by atoms with van der Waals surface area (Å²) in [4.78, 5) is 11.6. The molecule has 0 aromatic carbocycles. The number of rotatable bonds is 5. The number of carbonyl (C=O) groups is 1. The Balaban J connectivity index is 2.58. The molecule has 84 valence electrons. The van der Waals surface area contributed by atoms with E-state index in [1.807, 2.05) is 13.8 Å². The summed E-state index contributed by atoms with van der Waals surface area (Å²) in [5.41, 5.74) is 0.374. The molecule has 1 heterocycles. The number of aromatic nitrogens is 1. The molecule has 4 nitrogen and oxygen atoms in total. The van der Waals surface area contributed by atoms with E-state index in [4.69, 9.17) is 4.52 Å². The highest BCUT2D eigenvalue weighted by Crippen LogP contribution is 2.06. The minimum Gasteiger partial charge on any atom is -0.361 e. The van der Waals surface area contributed by atoms with Gasteiger partial charge in [-0.3, -0.25) is 4.79 Å². The van der Waals surface area contributed by atoms with Crippen molar-refractivity contribution in [3.8, 4) is 0 Å². The van der Waals surface area contributed by atoms with Crippen LogP contribution in [0.3, 0.4) is 0 Å². The minimum atomic E-state index is -0.157. The van der Waals surface area contributed by atoms with Gasteiger partial charge in [0.2, 0.25) is 0 Å². The summed E-state index contributed by atoms with van der Waals surface area (Å²) in [5, 5.41) is 6.57. The van der Waals surface area contributed by atoms with Gasteiger partial charge in [-0.15, -0.1) is 0 Å². The van der Waals surface area contributed by atoms with Gasteiger partial charge in [-0.1, -0.05) is 19.0 Å². The standard InChI is InChI=1S/C11H18N2O2/c1-4-6-9-7-10(13-15-9)11(14)12-8(3)5-2/h7-8H,4-6H2,1-3H3,(H,12,14)/t8-/m1/s1. The minimum absolute atomic E-state index is 0.157. The van der Waals surface area contributed by atoms with Crippen LogP contribution in [0.5, 0.6) is 0 Å². The van der Waals surface area contributed by atoms with E-state index in [0.29, 0.717) is 5.69 Å². The van der Waals surface area contributed by atoms with E-state index < -0.39 is 0 Å². The van der Waals surface area contributed by atoms with Gasteiger partial charge in [0.05, 0.1) is 0 Å². The van der Waals surface area contributed by atoms with Crippen LogP contribution < -0.4 is 5.32 Å². The first-order valence-electron chi connectivity index (χ1n) is 5.43. The molecule has 0 fully saturated rings. The maximum absolute atomic E-state index is 11.6. The molecular formula is C11H18N2O2. The molecule has 0 bridgehead atoms. The van der Waals surface area contributed by atoms with Crippen LogP contribution >= 0.6 is 0 Å². The molecule has 0 aliphatic carbocycles. The zero-order chi connectivity index (χ0) is 11.3. The summed E-state index contributed by atoms with van der Waals surface area (Å²) in [7, 11) is 0. The number of amides is 1. The average molecular weight is 210 g/mol. The fourth-order valence-corrected chi connectivity index (χ4v) is 1.18. The zero-order valence-corrected chi connectivity index (χ0v) is 9.54. The van der Waals surface area contributed by atoms with Crippen molar-refractivity contribution in [3.05, 3.63) is 17.5 Å². The van der Waals surface area contributed by atoms with Gasteiger partial charge in [-0.25, -0.2) is 0 Å². The number of aryl methyl sites for hydroxylation is 1. The van der Waals surface area contributed by atoms with Crippen LogP contribution in [-0.4, -0.2) is 17.1 Å². The van der Waals surface area contributed by atoms with E-state index in [-0.39, 0.29) is 11.9 Å².